The third kappa shape index (κ3) is 17.6. The Bertz CT molecular complexity index is 5180. The molecule has 14 aromatic rings. The van der Waals surface area contributed by atoms with Crippen molar-refractivity contribution >= 4 is 83.9 Å². The molecular formula is C72H79BrN26OSn. The van der Waals surface area contributed by atoms with Gasteiger partial charge in [0.1, 0.15) is 44.5 Å². The average Bonchev–Trinajstić information content (AvgIpc) is 1.68. The van der Waals surface area contributed by atoms with Gasteiger partial charge in [-0.2, -0.15) is 0 Å². The molecule has 0 unspecified atom stereocenters. The quantitative estimate of drug-likeness (QED) is 0.0618. The van der Waals surface area contributed by atoms with Gasteiger partial charge in [-0.1, -0.05) is 59.7 Å². The molecule has 0 aliphatic heterocycles. The first-order chi connectivity index (χ1) is 49.3. The van der Waals surface area contributed by atoms with Crippen LogP contribution < -0.4 is 9.44 Å². The molecule has 0 radical (unpaired) electrons. The predicted octanol–water partition coefficient (Wildman–Crippen LogP) is 16.0. The molecule has 0 atom stereocenters. The van der Waals surface area contributed by atoms with Gasteiger partial charge in [0.2, 0.25) is 22.6 Å². The van der Waals surface area contributed by atoms with E-state index in [0.717, 1.165) is 82.0 Å². The van der Waals surface area contributed by atoms with Gasteiger partial charge in [0, 0.05) is 49.6 Å². The van der Waals surface area contributed by atoms with Crippen LogP contribution in [0.4, 0.5) is 23.3 Å². The zero-order chi connectivity index (χ0) is 71.8. The Balaban J connectivity index is 0.000000147. The molecule has 2 N–H and O–H groups in total. The number of fused-ring (bicyclic) bond motifs is 4. The van der Waals surface area contributed by atoms with Crippen molar-refractivity contribution < 1.29 is 4.42 Å². The van der Waals surface area contributed by atoms with Crippen LogP contribution in [0.2, 0.25) is 13.3 Å². The fourth-order valence-corrected chi connectivity index (χ4v) is 27.3. The van der Waals surface area contributed by atoms with Crippen molar-refractivity contribution in [3.05, 3.63) is 209 Å². The number of nitrogens with two attached hydrogens (primary N) is 1. The number of hydrogen-bond acceptors (Lipinski definition) is 16. The summed E-state index contributed by atoms with van der Waals surface area (Å²) >= 11 is 1.18. The number of imidazole rings is 7. The summed E-state index contributed by atoms with van der Waals surface area (Å²) in [4.78, 5) is 56.4. The number of unbranched alkanes of at least 4 members (excludes halogenated alkanes) is 3. The van der Waals surface area contributed by atoms with Crippen LogP contribution in [0.5, 0.6) is 0 Å². The Labute approximate surface area is 598 Å². The summed E-state index contributed by atoms with van der Waals surface area (Å²) in [5.74, 6) is 2.13. The van der Waals surface area contributed by atoms with Crippen molar-refractivity contribution in [2.75, 3.05) is 6.54 Å². The van der Waals surface area contributed by atoms with Crippen LogP contribution in [0.15, 0.2) is 157 Å². The van der Waals surface area contributed by atoms with Gasteiger partial charge in [-0.25, -0.2) is 39.9 Å². The van der Waals surface area contributed by atoms with Crippen molar-refractivity contribution in [1.82, 2.24) is 102 Å². The molecule has 0 spiro atoms. The van der Waals surface area contributed by atoms with Crippen LogP contribution in [-0.4, -0.2) is 127 Å². The molecule has 14 rings (SSSR count). The van der Waals surface area contributed by atoms with Crippen LogP contribution in [0.25, 0.3) is 99.0 Å². The maximum Gasteiger partial charge on any atom is 0.275 e. The van der Waals surface area contributed by atoms with Gasteiger partial charge in [0.05, 0.1) is 67.6 Å². The van der Waals surface area contributed by atoms with Crippen molar-refractivity contribution in [3.8, 4) is 57.0 Å². The predicted molar refractivity (Wildman–Crippen MR) is 397 cm³/mol. The molecule has 29 heteroatoms. The van der Waals surface area contributed by atoms with E-state index in [2.05, 4.69) is 153 Å². The normalized spacial score (nSPS) is 10.8. The average molecular weight is 1520 g/mol. The third-order valence-electron chi connectivity index (χ3n) is 16.2. The molecule has 0 aliphatic rings. The maximum absolute atomic E-state index is 7.26. The Morgan fingerprint density at radius 3 is 1.35 bits per heavy atom. The molecule has 0 aliphatic carbocycles. The standard InChI is InChI=1S/C18H15N7.C12H9BrN6.C12H10N6.C10H5N5O.C6H6N.3C4H9.C2H7N.Sn/c1-4-24-11-21-17(13-7-5-6-12(2)22-13)18(24)14-8-9-15-20-10-16(19-3)25(15)23-14;1-3-18-7-16-12(13)11(18)8-4-5-9-15-6-10(14-2)19(9)17-8;1-3-17-8-14-6-10(17)9-4-5-11-15-7-12(13-2)18(11)16-9;1-11-10-5-13-9-3-2-7(14-15(9)10)8-4-12-6-16-8;1-6-4-2-3-5-7-6;3*1-3-4-2;1-2-3;/h5-11H,4H2,1-2H3;4-7H,3H2,1H3;4-8H,3H2,1H3;2-6H;2-4H,1H3;3*1,3-4H2,2H3;2-3H2,1H3;. The summed E-state index contributed by atoms with van der Waals surface area (Å²) < 4.78 is 24.1. The topological polar surface area (TPSA) is 269 Å². The van der Waals surface area contributed by atoms with Gasteiger partial charge in [-0.15, -0.1) is 18.1 Å². The number of halogens is 1. The van der Waals surface area contributed by atoms with E-state index >= 15 is 0 Å². The van der Waals surface area contributed by atoms with Crippen LogP contribution >= 0.6 is 15.9 Å². The Morgan fingerprint density at radius 1 is 0.455 bits per heavy atom. The van der Waals surface area contributed by atoms with Gasteiger partial charge in [0.15, 0.2) is 12.2 Å². The Morgan fingerprint density at radius 2 is 0.891 bits per heavy atom. The number of nitrogens with zero attached hydrogens (tertiary/aromatic N) is 25. The summed E-state index contributed by atoms with van der Waals surface area (Å²) in [6.07, 6.45) is 24.3. The monoisotopic (exact) mass is 1520 g/mol. The van der Waals surface area contributed by atoms with E-state index in [4.69, 9.17) is 41.4 Å². The fourth-order valence-electron chi connectivity index (χ4n) is 11.1. The minimum Gasteiger partial charge on any atom is -0.442 e. The first kappa shape index (κ1) is 74.1. The zero-order valence-electron chi connectivity index (χ0n) is 58.1. The van der Waals surface area contributed by atoms with E-state index in [-0.39, 0.29) is 0 Å². The van der Waals surface area contributed by atoms with Gasteiger partial charge < -0.3 is 43.2 Å². The smallest absolute Gasteiger partial charge is 0.275 e. The molecule has 0 bridgehead atoms. The fraction of sp³-hybridized carbons (Fsp3) is 0.306. The summed E-state index contributed by atoms with van der Waals surface area (Å²) in [5.41, 5.74) is 16.8. The summed E-state index contributed by atoms with van der Waals surface area (Å²) in [7, 11) is 0. The zero-order valence-corrected chi connectivity index (χ0v) is 62.5. The molecule has 27 nitrogen and oxygen atoms in total. The molecular weight excluding hydrogens is 1440 g/mol. The van der Waals surface area contributed by atoms with Gasteiger partial charge >= 0.3 is 130 Å². The second-order valence-corrected chi connectivity index (χ2v) is 36.8. The number of aryl methyl sites for hydroxylation is 5. The number of rotatable bonds is 18. The van der Waals surface area contributed by atoms with Crippen molar-refractivity contribution in [3.63, 3.8) is 0 Å². The number of hydrogen-bond donors (Lipinski definition) is 1. The second kappa shape index (κ2) is 36.1. The van der Waals surface area contributed by atoms with E-state index in [0.29, 0.717) is 57.3 Å². The van der Waals surface area contributed by atoms with Crippen LogP contribution in [0.1, 0.15) is 98.4 Å². The second-order valence-electron chi connectivity index (χ2n) is 23.0. The molecule has 514 valence electrons. The van der Waals surface area contributed by atoms with Gasteiger partial charge in [-0.05, 0) is 86.6 Å². The van der Waals surface area contributed by atoms with E-state index in [1.54, 1.807) is 60.8 Å². The van der Waals surface area contributed by atoms with E-state index in [1.807, 2.05) is 96.0 Å². The molecule has 14 heterocycles. The van der Waals surface area contributed by atoms with Gasteiger partial charge in [-0.3, -0.25) is 4.98 Å². The minimum atomic E-state index is -2.25. The molecule has 0 aromatic carbocycles. The summed E-state index contributed by atoms with van der Waals surface area (Å²) in [6.45, 7) is 50.7. The molecule has 14 aromatic heterocycles. The largest absolute Gasteiger partial charge is 0.442 e. The van der Waals surface area contributed by atoms with Crippen molar-refractivity contribution in [2.45, 2.75) is 134 Å². The number of aromatic nitrogens is 21. The minimum absolute atomic E-state index is 0.372. The summed E-state index contributed by atoms with van der Waals surface area (Å²) in [5, 5.41) is 17.8. The van der Waals surface area contributed by atoms with E-state index in [9.17, 15) is 0 Å². The first-order valence-electron chi connectivity index (χ1n) is 33.4. The maximum atomic E-state index is 7.26. The van der Waals surface area contributed by atoms with Crippen molar-refractivity contribution in [2.24, 2.45) is 5.73 Å². The van der Waals surface area contributed by atoms with Gasteiger partial charge in [0.25, 0.3) is 23.3 Å². The van der Waals surface area contributed by atoms with E-state index in [1.165, 1.54) is 93.2 Å². The van der Waals surface area contributed by atoms with Crippen LogP contribution in [0.3, 0.4) is 0 Å². The molecule has 0 saturated heterocycles. The number of oxazole rings is 1. The molecule has 0 saturated carbocycles. The Hall–Kier alpha value is -11.2. The SMILES string of the molecule is CCC[CH2][Sn]([CH2]CCC)([CH2]CCC)[c]1cccc(C)n1.CCN.[C-]#[N+]c1cnc2ccc(-c3c(-c4cccc(C)n4)ncn3CC)nn12.[C-]#[N+]c1cnc2ccc(-c3c(Br)ncn3CC)nn12.[C-]#[N+]c1cnc2ccc(-c3cncn3CC)nn12.[C-]#[N+]c1cnc2ccc(-c3cnco3)nn12. The molecule has 0 amide bonds. The summed E-state index contributed by atoms with van der Waals surface area (Å²) in [6, 6.07) is 27.4. The third-order valence-corrected chi connectivity index (χ3v) is 31.9. The van der Waals surface area contributed by atoms with Crippen molar-refractivity contribution in [1.29, 1.82) is 0 Å². The Kier molecular flexibility index (Phi) is 26.4. The van der Waals surface area contributed by atoms with Crippen LogP contribution in [-0.2, 0) is 19.6 Å². The van der Waals surface area contributed by atoms with Crippen LogP contribution in [0, 0.1) is 40.1 Å². The first-order valence-corrected chi connectivity index (χ1v) is 41.7. The molecule has 101 heavy (non-hydrogen) atoms. The molecule has 0 fully saturated rings. The van der Waals surface area contributed by atoms with E-state index < -0.39 is 18.4 Å². The number of pyridine rings is 2.